The summed E-state index contributed by atoms with van der Waals surface area (Å²) in [6, 6.07) is 10.6. The summed E-state index contributed by atoms with van der Waals surface area (Å²) in [6.07, 6.45) is 3.41. The maximum atomic E-state index is 5.29. The smallest absolute Gasteiger partial charge is 0.00460 e. The van der Waals surface area contributed by atoms with Gasteiger partial charge in [-0.15, -0.1) is 0 Å². The molecule has 1 aromatic carbocycles. The number of hydrogen-bond donors (Lipinski definition) is 0. The van der Waals surface area contributed by atoms with Gasteiger partial charge in [-0.25, -0.2) is 0 Å². The maximum absolute atomic E-state index is 5.29. The Balaban J connectivity index is 2.26. The number of thiocarbonyl (C=S) groups is 1. The van der Waals surface area contributed by atoms with Gasteiger partial charge in [0.05, 0.1) is 0 Å². The first kappa shape index (κ1) is 11.4. The van der Waals surface area contributed by atoms with E-state index >= 15 is 0 Å². The second-order valence-corrected chi connectivity index (χ2v) is 4.48. The van der Waals surface area contributed by atoms with E-state index in [2.05, 4.69) is 44.2 Å². The Bertz CT molecular complexity index is 275. The van der Waals surface area contributed by atoms with Gasteiger partial charge in [0.15, 0.2) is 0 Å². The summed E-state index contributed by atoms with van der Waals surface area (Å²) in [5.41, 5.74) is 1.42. The fourth-order valence-electron chi connectivity index (χ4n) is 1.40. The minimum atomic E-state index is 0.556. The molecule has 76 valence electrons. The average molecular weight is 206 g/mol. The van der Waals surface area contributed by atoms with Crippen molar-refractivity contribution in [2.75, 3.05) is 0 Å². The van der Waals surface area contributed by atoms with Crippen molar-refractivity contribution in [2.24, 2.45) is 5.92 Å². The van der Waals surface area contributed by atoms with Crippen LogP contribution in [0.1, 0.15) is 32.3 Å². The molecule has 0 radical (unpaired) electrons. The Labute approximate surface area is 92.3 Å². The molecule has 0 aliphatic rings. The third-order valence-corrected chi connectivity index (χ3v) is 3.05. The molecular formula is C13H18S. The normalized spacial score (nSPS) is 10.5. The molecular weight excluding hydrogens is 188 g/mol. The van der Waals surface area contributed by atoms with E-state index < -0.39 is 0 Å². The lowest BCUT2D eigenvalue weighted by Crippen LogP contribution is -2.04. The third kappa shape index (κ3) is 4.01. The summed E-state index contributed by atoms with van der Waals surface area (Å²) in [7, 11) is 0. The Morgan fingerprint density at radius 1 is 1.21 bits per heavy atom. The summed E-state index contributed by atoms with van der Waals surface area (Å²) in [5.74, 6) is 0.556. The lowest BCUT2D eigenvalue weighted by atomic mass is 10.0. The van der Waals surface area contributed by atoms with Crippen LogP contribution in [-0.2, 0) is 6.42 Å². The second kappa shape index (κ2) is 5.92. The van der Waals surface area contributed by atoms with Crippen LogP contribution in [0.25, 0.3) is 0 Å². The van der Waals surface area contributed by atoms with Gasteiger partial charge in [-0.05, 0) is 35.6 Å². The Hall–Kier alpha value is -0.690. The van der Waals surface area contributed by atoms with E-state index in [4.69, 9.17) is 12.2 Å². The van der Waals surface area contributed by atoms with Gasteiger partial charge in [0.1, 0.15) is 0 Å². The minimum absolute atomic E-state index is 0.556. The average Bonchev–Trinajstić information content (AvgIpc) is 2.19. The molecule has 0 aliphatic carbocycles. The van der Waals surface area contributed by atoms with Crippen molar-refractivity contribution in [3.63, 3.8) is 0 Å². The molecule has 1 aromatic rings. The van der Waals surface area contributed by atoms with Gasteiger partial charge in [0, 0.05) is 0 Å². The van der Waals surface area contributed by atoms with Crippen LogP contribution >= 0.6 is 12.2 Å². The van der Waals surface area contributed by atoms with Gasteiger partial charge in [0.2, 0.25) is 0 Å². The summed E-state index contributed by atoms with van der Waals surface area (Å²) < 4.78 is 0. The van der Waals surface area contributed by atoms with Crippen molar-refractivity contribution in [2.45, 2.75) is 33.1 Å². The predicted octanol–water partition coefficient (Wildman–Crippen LogP) is 4.04. The molecule has 14 heavy (non-hydrogen) atoms. The second-order valence-electron chi connectivity index (χ2n) is 3.96. The van der Waals surface area contributed by atoms with Crippen LogP contribution in [0.15, 0.2) is 30.3 Å². The fraction of sp³-hybridized carbons (Fsp3) is 0.462. The first-order valence-corrected chi connectivity index (χ1v) is 5.67. The van der Waals surface area contributed by atoms with Crippen LogP contribution in [-0.4, -0.2) is 4.86 Å². The molecule has 0 nitrogen and oxygen atoms in total. The Kier molecular flexibility index (Phi) is 4.81. The Morgan fingerprint density at radius 2 is 1.86 bits per heavy atom. The third-order valence-electron chi connectivity index (χ3n) is 2.38. The minimum Gasteiger partial charge on any atom is -0.0894 e. The molecule has 0 aromatic heterocycles. The fourth-order valence-corrected chi connectivity index (χ4v) is 1.54. The lowest BCUT2D eigenvalue weighted by Gasteiger charge is -2.06. The van der Waals surface area contributed by atoms with Crippen molar-refractivity contribution in [1.29, 1.82) is 0 Å². The molecule has 0 N–H and O–H groups in total. The lowest BCUT2D eigenvalue weighted by molar-refractivity contribution is 0.810. The van der Waals surface area contributed by atoms with E-state index in [1.807, 2.05) is 0 Å². The predicted molar refractivity (Wildman–Crippen MR) is 66.8 cm³/mol. The van der Waals surface area contributed by atoms with E-state index in [1.54, 1.807) is 0 Å². The highest BCUT2D eigenvalue weighted by Crippen LogP contribution is 2.09. The zero-order valence-corrected chi connectivity index (χ0v) is 9.81. The first-order valence-electron chi connectivity index (χ1n) is 5.27. The summed E-state index contributed by atoms with van der Waals surface area (Å²) in [6.45, 7) is 4.34. The summed E-state index contributed by atoms with van der Waals surface area (Å²) >= 11 is 5.29. The molecule has 0 amide bonds. The molecule has 1 heteroatoms. The number of hydrogen-bond acceptors (Lipinski definition) is 1. The van der Waals surface area contributed by atoms with E-state index in [0.717, 1.165) is 12.8 Å². The van der Waals surface area contributed by atoms with Crippen molar-refractivity contribution in [1.82, 2.24) is 0 Å². The van der Waals surface area contributed by atoms with Crippen LogP contribution in [0.5, 0.6) is 0 Å². The van der Waals surface area contributed by atoms with Crippen molar-refractivity contribution < 1.29 is 0 Å². The monoisotopic (exact) mass is 206 g/mol. The van der Waals surface area contributed by atoms with E-state index in [-0.39, 0.29) is 0 Å². The molecule has 0 fully saturated rings. The van der Waals surface area contributed by atoms with Crippen molar-refractivity contribution in [3.05, 3.63) is 35.9 Å². The van der Waals surface area contributed by atoms with E-state index in [9.17, 15) is 0 Å². The molecule has 0 unspecified atom stereocenters. The summed E-state index contributed by atoms with van der Waals surface area (Å²) in [4.78, 5) is 1.21. The number of aryl methyl sites for hydroxylation is 1. The first-order chi connectivity index (χ1) is 6.70. The van der Waals surface area contributed by atoms with Crippen LogP contribution < -0.4 is 0 Å². The number of rotatable bonds is 5. The topological polar surface area (TPSA) is 0 Å². The van der Waals surface area contributed by atoms with Crippen LogP contribution in [0.2, 0.25) is 0 Å². The van der Waals surface area contributed by atoms with Crippen LogP contribution in [0.3, 0.4) is 0 Å². The SMILES string of the molecule is CC(C)C(=S)CCCc1ccccc1. The van der Waals surface area contributed by atoms with Crippen LogP contribution in [0.4, 0.5) is 0 Å². The maximum Gasteiger partial charge on any atom is -0.00460 e. The summed E-state index contributed by atoms with van der Waals surface area (Å²) in [5, 5.41) is 0. The molecule has 0 atom stereocenters. The van der Waals surface area contributed by atoms with Gasteiger partial charge in [-0.3, -0.25) is 0 Å². The van der Waals surface area contributed by atoms with Crippen molar-refractivity contribution in [3.8, 4) is 0 Å². The molecule has 0 bridgehead atoms. The molecule has 0 spiro atoms. The largest absolute Gasteiger partial charge is 0.0894 e. The quantitative estimate of drug-likeness (QED) is 0.655. The van der Waals surface area contributed by atoms with E-state index in [1.165, 1.54) is 16.8 Å². The van der Waals surface area contributed by atoms with Gasteiger partial charge in [0.25, 0.3) is 0 Å². The zero-order valence-electron chi connectivity index (χ0n) is 8.99. The molecule has 0 aliphatic heterocycles. The molecule has 1 rings (SSSR count). The van der Waals surface area contributed by atoms with Gasteiger partial charge >= 0.3 is 0 Å². The van der Waals surface area contributed by atoms with Crippen LogP contribution in [0, 0.1) is 5.92 Å². The zero-order chi connectivity index (χ0) is 10.4. The number of benzene rings is 1. The van der Waals surface area contributed by atoms with Crippen molar-refractivity contribution >= 4 is 17.1 Å². The highest BCUT2D eigenvalue weighted by Gasteiger charge is 2.01. The molecule has 0 saturated heterocycles. The molecule has 0 saturated carbocycles. The van der Waals surface area contributed by atoms with E-state index in [0.29, 0.717) is 5.92 Å². The van der Waals surface area contributed by atoms with Gasteiger partial charge in [-0.1, -0.05) is 56.4 Å². The Morgan fingerprint density at radius 3 is 2.43 bits per heavy atom. The highest BCUT2D eigenvalue weighted by molar-refractivity contribution is 7.80. The van der Waals surface area contributed by atoms with Gasteiger partial charge in [-0.2, -0.15) is 0 Å². The highest BCUT2D eigenvalue weighted by atomic mass is 32.1. The standard InChI is InChI=1S/C13H18S/c1-11(2)13(14)10-6-9-12-7-4-3-5-8-12/h3-5,7-8,11H,6,9-10H2,1-2H3. The van der Waals surface area contributed by atoms with Gasteiger partial charge < -0.3 is 0 Å². The molecule has 0 heterocycles.